The minimum Gasteiger partial charge on any atom is -0.465 e. The van der Waals surface area contributed by atoms with Crippen LogP contribution in [0.1, 0.15) is 16.1 Å². The number of halogens is 1. The molecule has 0 saturated carbocycles. The number of esters is 1. The molecule has 0 amide bonds. The van der Waals surface area contributed by atoms with Crippen LogP contribution in [-0.4, -0.2) is 23.0 Å². The molecule has 1 N–H and O–H groups in total. The molecule has 0 unspecified atom stereocenters. The molecule has 116 valence electrons. The highest BCUT2D eigenvalue weighted by Crippen LogP contribution is 2.29. The van der Waals surface area contributed by atoms with Gasteiger partial charge in [-0.25, -0.2) is 14.8 Å². The lowest BCUT2D eigenvalue weighted by Crippen LogP contribution is -2.08. The summed E-state index contributed by atoms with van der Waals surface area (Å²) in [5, 5.41) is 4.07. The van der Waals surface area contributed by atoms with E-state index in [2.05, 4.69) is 37.9 Å². The Balaban J connectivity index is 2.17. The summed E-state index contributed by atoms with van der Waals surface area (Å²) in [4.78, 5) is 20.8. The normalized spacial score (nSPS) is 10.6. The van der Waals surface area contributed by atoms with Crippen molar-refractivity contribution >= 4 is 51.0 Å². The second-order valence-electron chi connectivity index (χ2n) is 4.99. The standard InChI is InChI=1S/C17H14IN3O2/c1-10-3-8-13-15(21-12-6-4-11(18)5-7-12)14(17(22)23-2)9-19-16(13)20-10/h3-9H,1-2H3,(H,19,20,21). The zero-order valence-electron chi connectivity index (χ0n) is 12.6. The van der Waals surface area contributed by atoms with E-state index in [1.807, 2.05) is 43.3 Å². The van der Waals surface area contributed by atoms with Crippen molar-refractivity contribution in [3.63, 3.8) is 0 Å². The van der Waals surface area contributed by atoms with Gasteiger partial charge in [0.25, 0.3) is 0 Å². The Kier molecular flexibility index (Phi) is 4.42. The Morgan fingerprint density at radius 2 is 1.91 bits per heavy atom. The molecule has 3 rings (SSSR count). The van der Waals surface area contributed by atoms with Crippen LogP contribution in [0.15, 0.2) is 42.6 Å². The van der Waals surface area contributed by atoms with Gasteiger partial charge >= 0.3 is 5.97 Å². The van der Waals surface area contributed by atoms with Crippen molar-refractivity contribution in [2.45, 2.75) is 6.92 Å². The number of carbonyl (C=O) groups excluding carboxylic acids is 1. The van der Waals surface area contributed by atoms with Gasteiger partial charge in [-0.15, -0.1) is 0 Å². The third kappa shape index (κ3) is 3.26. The summed E-state index contributed by atoms with van der Waals surface area (Å²) in [6, 6.07) is 11.7. The lowest BCUT2D eigenvalue weighted by atomic mass is 10.1. The highest BCUT2D eigenvalue weighted by molar-refractivity contribution is 14.1. The quantitative estimate of drug-likeness (QED) is 0.512. The number of hydrogen-bond acceptors (Lipinski definition) is 5. The van der Waals surface area contributed by atoms with Crippen molar-refractivity contribution in [1.29, 1.82) is 0 Å². The molecule has 6 heteroatoms. The molecule has 0 saturated heterocycles. The molecule has 0 fully saturated rings. The van der Waals surface area contributed by atoms with Crippen LogP contribution in [0.3, 0.4) is 0 Å². The summed E-state index contributed by atoms with van der Waals surface area (Å²) in [6.07, 6.45) is 1.50. The van der Waals surface area contributed by atoms with Gasteiger partial charge in [0.1, 0.15) is 5.56 Å². The van der Waals surface area contributed by atoms with E-state index in [-0.39, 0.29) is 0 Å². The molecule has 2 aromatic heterocycles. The maximum absolute atomic E-state index is 12.1. The molecule has 0 spiro atoms. The zero-order chi connectivity index (χ0) is 16.4. The average Bonchev–Trinajstić information content (AvgIpc) is 2.56. The number of rotatable bonds is 3. The van der Waals surface area contributed by atoms with Crippen molar-refractivity contribution in [2.75, 3.05) is 12.4 Å². The molecule has 3 aromatic rings. The molecule has 1 aromatic carbocycles. The summed E-state index contributed by atoms with van der Waals surface area (Å²) in [5.41, 5.74) is 3.37. The smallest absolute Gasteiger partial charge is 0.341 e. The topological polar surface area (TPSA) is 64.1 Å². The van der Waals surface area contributed by atoms with Gasteiger partial charge in [0.05, 0.1) is 12.8 Å². The van der Waals surface area contributed by atoms with Gasteiger partial charge in [-0.1, -0.05) is 0 Å². The molecule has 23 heavy (non-hydrogen) atoms. The number of aryl methyl sites for hydroxylation is 1. The molecule has 0 aliphatic carbocycles. The first-order valence-corrected chi connectivity index (χ1v) is 8.03. The average molecular weight is 419 g/mol. The molecule has 5 nitrogen and oxygen atoms in total. The van der Waals surface area contributed by atoms with Crippen LogP contribution in [0.2, 0.25) is 0 Å². The Hall–Kier alpha value is -2.22. The minimum absolute atomic E-state index is 0.379. The molecular formula is C17H14IN3O2. The van der Waals surface area contributed by atoms with Crippen molar-refractivity contribution in [1.82, 2.24) is 9.97 Å². The summed E-state index contributed by atoms with van der Waals surface area (Å²) < 4.78 is 6.00. The predicted octanol–water partition coefficient (Wildman–Crippen LogP) is 4.07. The number of methoxy groups -OCH3 is 1. The third-order valence-electron chi connectivity index (χ3n) is 3.39. The number of carbonyl (C=O) groups is 1. The number of benzene rings is 1. The molecule has 0 bridgehead atoms. The van der Waals surface area contributed by atoms with E-state index < -0.39 is 5.97 Å². The summed E-state index contributed by atoms with van der Waals surface area (Å²) >= 11 is 2.25. The van der Waals surface area contributed by atoms with Gasteiger partial charge in [0, 0.05) is 26.5 Å². The van der Waals surface area contributed by atoms with Crippen LogP contribution in [0.25, 0.3) is 11.0 Å². The Morgan fingerprint density at radius 1 is 1.17 bits per heavy atom. The Labute approximate surface area is 147 Å². The second kappa shape index (κ2) is 6.49. The number of hydrogen-bond donors (Lipinski definition) is 1. The zero-order valence-corrected chi connectivity index (χ0v) is 14.8. The van der Waals surface area contributed by atoms with Gasteiger partial charge in [0.15, 0.2) is 5.65 Å². The lowest BCUT2D eigenvalue weighted by molar-refractivity contribution is 0.0601. The number of anilines is 2. The van der Waals surface area contributed by atoms with Crippen molar-refractivity contribution in [2.24, 2.45) is 0 Å². The van der Waals surface area contributed by atoms with Gasteiger partial charge in [0.2, 0.25) is 0 Å². The van der Waals surface area contributed by atoms with E-state index >= 15 is 0 Å². The monoisotopic (exact) mass is 419 g/mol. The van der Waals surface area contributed by atoms with Crippen LogP contribution in [0.4, 0.5) is 11.4 Å². The van der Waals surface area contributed by atoms with Gasteiger partial charge < -0.3 is 10.1 Å². The maximum Gasteiger partial charge on any atom is 0.341 e. The van der Waals surface area contributed by atoms with Crippen LogP contribution < -0.4 is 5.32 Å². The number of nitrogens with one attached hydrogen (secondary N) is 1. The van der Waals surface area contributed by atoms with Crippen LogP contribution >= 0.6 is 22.6 Å². The molecule has 0 atom stereocenters. The van der Waals surface area contributed by atoms with E-state index in [0.29, 0.717) is 16.9 Å². The van der Waals surface area contributed by atoms with Gasteiger partial charge in [-0.2, -0.15) is 0 Å². The molecule has 2 heterocycles. The van der Waals surface area contributed by atoms with E-state index in [1.54, 1.807) is 0 Å². The fourth-order valence-electron chi connectivity index (χ4n) is 2.25. The number of pyridine rings is 2. The third-order valence-corrected chi connectivity index (χ3v) is 4.11. The predicted molar refractivity (Wildman–Crippen MR) is 98.1 cm³/mol. The first-order valence-electron chi connectivity index (χ1n) is 6.96. The highest BCUT2D eigenvalue weighted by atomic mass is 127. The number of fused-ring (bicyclic) bond motifs is 1. The van der Waals surface area contributed by atoms with Crippen molar-refractivity contribution < 1.29 is 9.53 Å². The summed E-state index contributed by atoms with van der Waals surface area (Å²) in [7, 11) is 1.36. The van der Waals surface area contributed by atoms with Crippen LogP contribution in [0, 0.1) is 10.5 Å². The largest absolute Gasteiger partial charge is 0.465 e. The molecule has 0 radical (unpaired) electrons. The first-order chi connectivity index (χ1) is 11.1. The Bertz CT molecular complexity index is 879. The Morgan fingerprint density at radius 3 is 2.61 bits per heavy atom. The SMILES string of the molecule is COC(=O)c1cnc2nc(C)ccc2c1Nc1ccc(I)cc1. The number of ether oxygens (including phenoxy) is 1. The lowest BCUT2D eigenvalue weighted by Gasteiger charge is -2.13. The minimum atomic E-state index is -0.437. The first kappa shape index (κ1) is 15.7. The van der Waals surface area contributed by atoms with Crippen molar-refractivity contribution in [3.8, 4) is 0 Å². The number of aromatic nitrogens is 2. The van der Waals surface area contributed by atoms with E-state index in [4.69, 9.17) is 4.74 Å². The van der Waals surface area contributed by atoms with Crippen LogP contribution in [0.5, 0.6) is 0 Å². The van der Waals surface area contributed by atoms with E-state index in [9.17, 15) is 4.79 Å². The number of nitrogens with zero attached hydrogens (tertiary/aromatic N) is 2. The van der Waals surface area contributed by atoms with E-state index in [1.165, 1.54) is 13.3 Å². The fourth-order valence-corrected chi connectivity index (χ4v) is 2.61. The maximum atomic E-state index is 12.1. The van der Waals surface area contributed by atoms with Crippen LogP contribution in [-0.2, 0) is 4.74 Å². The molecular weight excluding hydrogens is 405 g/mol. The van der Waals surface area contributed by atoms with Gasteiger partial charge in [-0.05, 0) is 65.9 Å². The highest BCUT2D eigenvalue weighted by Gasteiger charge is 2.17. The fraction of sp³-hybridized carbons (Fsp3) is 0.118. The van der Waals surface area contributed by atoms with Gasteiger partial charge in [-0.3, -0.25) is 0 Å². The molecule has 0 aliphatic heterocycles. The van der Waals surface area contributed by atoms with Crippen molar-refractivity contribution in [3.05, 3.63) is 57.4 Å². The summed E-state index contributed by atoms with van der Waals surface area (Å²) in [6.45, 7) is 1.90. The van der Waals surface area contributed by atoms with E-state index in [0.717, 1.165) is 20.3 Å². The summed E-state index contributed by atoms with van der Waals surface area (Å²) in [5.74, 6) is -0.437. The molecule has 0 aliphatic rings. The second-order valence-corrected chi connectivity index (χ2v) is 6.24.